The smallest absolute Gasteiger partial charge is 0.269 e. The summed E-state index contributed by atoms with van der Waals surface area (Å²) in [4.78, 5) is 31.5. The van der Waals surface area contributed by atoms with E-state index >= 15 is 0 Å². The second-order valence-electron chi connectivity index (χ2n) is 5.21. The van der Waals surface area contributed by atoms with Crippen molar-refractivity contribution in [1.82, 2.24) is 24.1 Å². The Morgan fingerprint density at radius 2 is 2.04 bits per heavy atom. The van der Waals surface area contributed by atoms with E-state index in [9.17, 15) is 14.9 Å². The minimum Gasteiger partial charge on any atom is -0.269 e. The Hall–Kier alpha value is -3.40. The van der Waals surface area contributed by atoms with Crippen molar-refractivity contribution in [2.45, 2.75) is 6.54 Å². The Balaban J connectivity index is 1.60. The van der Waals surface area contributed by atoms with E-state index in [2.05, 4.69) is 15.1 Å². The number of hydrogen-bond donors (Lipinski definition) is 0. The summed E-state index contributed by atoms with van der Waals surface area (Å²) < 4.78 is 3.06. The third kappa shape index (κ3) is 2.90. The van der Waals surface area contributed by atoms with E-state index < -0.39 is 4.92 Å². The first-order chi connectivity index (χ1) is 12.1. The summed E-state index contributed by atoms with van der Waals surface area (Å²) in [5.74, 6) is 0.448. The number of aromatic nitrogens is 5. The van der Waals surface area contributed by atoms with E-state index in [-0.39, 0.29) is 11.2 Å². The molecule has 0 saturated heterocycles. The van der Waals surface area contributed by atoms with Crippen LogP contribution in [0.15, 0.2) is 53.0 Å². The van der Waals surface area contributed by atoms with Gasteiger partial charge in [0, 0.05) is 35.3 Å². The van der Waals surface area contributed by atoms with Gasteiger partial charge in [0.25, 0.3) is 11.2 Å². The van der Waals surface area contributed by atoms with E-state index in [4.69, 9.17) is 0 Å². The fourth-order valence-electron chi connectivity index (χ4n) is 2.37. The Bertz CT molecular complexity index is 1130. The highest BCUT2D eigenvalue weighted by Gasteiger charge is 2.10. The average Bonchev–Trinajstić information content (AvgIpc) is 3.24. The minimum atomic E-state index is -0.458. The number of nitrogens with zero attached hydrogens (tertiary/aromatic N) is 6. The van der Waals surface area contributed by atoms with Gasteiger partial charge in [0.2, 0.25) is 0 Å². The molecule has 0 spiro atoms. The first kappa shape index (κ1) is 15.1. The lowest BCUT2D eigenvalue weighted by Gasteiger charge is -2.01. The quantitative estimate of drug-likeness (QED) is 0.409. The van der Waals surface area contributed by atoms with Crippen LogP contribution in [0.5, 0.6) is 0 Å². The molecule has 0 radical (unpaired) electrons. The summed E-state index contributed by atoms with van der Waals surface area (Å²) in [7, 11) is 0. The molecule has 1 aromatic carbocycles. The molecule has 3 heterocycles. The standard InChI is InChI=1S/C15H10N6O3S/c22-13-7-11(17-15-20(13)5-6-25-15)8-19-9-16-14(18-19)10-1-3-12(4-2-10)21(23)24/h1-7,9H,8H2. The molecule has 0 amide bonds. The van der Waals surface area contributed by atoms with Gasteiger partial charge in [0.15, 0.2) is 10.8 Å². The van der Waals surface area contributed by atoms with Gasteiger partial charge in [-0.05, 0) is 12.1 Å². The summed E-state index contributed by atoms with van der Waals surface area (Å²) in [6, 6.07) is 7.47. The normalized spacial score (nSPS) is 11.0. The highest BCUT2D eigenvalue weighted by atomic mass is 32.1. The molecule has 0 aliphatic rings. The van der Waals surface area contributed by atoms with Crippen LogP contribution in [0.25, 0.3) is 16.3 Å². The molecule has 25 heavy (non-hydrogen) atoms. The molecule has 0 atom stereocenters. The topological polar surface area (TPSA) is 108 Å². The van der Waals surface area contributed by atoms with Crippen LogP contribution in [0.3, 0.4) is 0 Å². The van der Waals surface area contributed by atoms with E-state index in [1.54, 1.807) is 28.4 Å². The summed E-state index contributed by atoms with van der Waals surface area (Å²) in [6.07, 6.45) is 3.22. The number of hydrogen-bond acceptors (Lipinski definition) is 7. The van der Waals surface area contributed by atoms with E-state index in [0.717, 1.165) is 0 Å². The lowest BCUT2D eigenvalue weighted by atomic mass is 10.2. The van der Waals surface area contributed by atoms with Gasteiger partial charge < -0.3 is 0 Å². The Morgan fingerprint density at radius 3 is 2.80 bits per heavy atom. The summed E-state index contributed by atoms with van der Waals surface area (Å²) in [5.41, 5.74) is 1.13. The van der Waals surface area contributed by atoms with Crippen LogP contribution in [0.4, 0.5) is 5.69 Å². The van der Waals surface area contributed by atoms with Crippen molar-refractivity contribution < 1.29 is 4.92 Å². The molecule has 0 bridgehead atoms. The summed E-state index contributed by atoms with van der Waals surface area (Å²) in [5, 5.41) is 16.8. The molecule has 0 unspecified atom stereocenters. The van der Waals surface area contributed by atoms with Crippen molar-refractivity contribution in [3.05, 3.63) is 74.4 Å². The van der Waals surface area contributed by atoms with E-state index in [1.165, 1.54) is 40.3 Å². The van der Waals surface area contributed by atoms with E-state index in [0.29, 0.717) is 28.6 Å². The molecule has 0 N–H and O–H groups in total. The zero-order valence-electron chi connectivity index (χ0n) is 12.6. The van der Waals surface area contributed by atoms with Crippen molar-refractivity contribution in [2.24, 2.45) is 0 Å². The van der Waals surface area contributed by atoms with Gasteiger partial charge in [0.05, 0.1) is 17.2 Å². The highest BCUT2D eigenvalue weighted by Crippen LogP contribution is 2.19. The second-order valence-corrected chi connectivity index (χ2v) is 6.08. The number of nitro groups is 1. The van der Waals surface area contributed by atoms with Gasteiger partial charge in [0.1, 0.15) is 6.33 Å². The van der Waals surface area contributed by atoms with Crippen LogP contribution in [0, 0.1) is 10.1 Å². The summed E-state index contributed by atoms with van der Waals surface area (Å²) in [6.45, 7) is 0.309. The maximum absolute atomic E-state index is 12.0. The van der Waals surface area contributed by atoms with Crippen molar-refractivity contribution >= 4 is 22.0 Å². The molecule has 4 aromatic rings. The first-order valence-electron chi connectivity index (χ1n) is 7.20. The maximum atomic E-state index is 12.0. The first-order valence-corrected chi connectivity index (χ1v) is 8.08. The average molecular weight is 354 g/mol. The third-order valence-corrected chi connectivity index (χ3v) is 4.31. The molecule has 0 saturated carbocycles. The Labute approximate surface area is 144 Å². The predicted molar refractivity (Wildman–Crippen MR) is 90.6 cm³/mol. The Kier molecular flexibility index (Phi) is 3.58. The summed E-state index contributed by atoms with van der Waals surface area (Å²) >= 11 is 1.38. The number of nitro benzene ring substituents is 1. The van der Waals surface area contributed by atoms with Crippen LogP contribution < -0.4 is 5.56 Å². The molecule has 9 nitrogen and oxygen atoms in total. The molecule has 124 valence electrons. The monoisotopic (exact) mass is 354 g/mol. The second kappa shape index (κ2) is 5.91. The molecular formula is C15H10N6O3S. The van der Waals surface area contributed by atoms with Gasteiger partial charge >= 0.3 is 0 Å². The van der Waals surface area contributed by atoms with Crippen LogP contribution in [0.2, 0.25) is 0 Å². The third-order valence-electron chi connectivity index (χ3n) is 3.55. The number of fused-ring (bicyclic) bond motifs is 1. The SMILES string of the molecule is O=c1cc(Cn2cnc(-c3ccc([N+](=O)[O-])cc3)n2)nc2sccn12. The van der Waals surface area contributed by atoms with E-state index in [1.807, 2.05) is 0 Å². The van der Waals surface area contributed by atoms with Crippen molar-refractivity contribution in [2.75, 3.05) is 0 Å². The molecule has 0 aliphatic carbocycles. The minimum absolute atomic E-state index is 0.0112. The molecule has 0 fully saturated rings. The number of thiazole rings is 1. The highest BCUT2D eigenvalue weighted by molar-refractivity contribution is 7.15. The fraction of sp³-hybridized carbons (Fsp3) is 0.0667. The molecule has 4 rings (SSSR count). The van der Waals surface area contributed by atoms with Gasteiger partial charge in [-0.2, -0.15) is 5.10 Å². The number of rotatable bonds is 4. The Morgan fingerprint density at radius 1 is 1.24 bits per heavy atom. The zero-order chi connectivity index (χ0) is 17.4. The fourth-order valence-corrected chi connectivity index (χ4v) is 3.11. The van der Waals surface area contributed by atoms with Crippen molar-refractivity contribution in [1.29, 1.82) is 0 Å². The zero-order valence-corrected chi connectivity index (χ0v) is 13.5. The van der Waals surface area contributed by atoms with Gasteiger partial charge in [-0.25, -0.2) is 14.6 Å². The van der Waals surface area contributed by atoms with Gasteiger partial charge in [-0.3, -0.25) is 19.3 Å². The largest absolute Gasteiger partial charge is 0.269 e. The van der Waals surface area contributed by atoms with Crippen LogP contribution in [-0.2, 0) is 6.54 Å². The van der Waals surface area contributed by atoms with Gasteiger partial charge in [-0.15, -0.1) is 11.3 Å². The van der Waals surface area contributed by atoms with Crippen molar-refractivity contribution in [3.63, 3.8) is 0 Å². The molecular weight excluding hydrogens is 344 g/mol. The lowest BCUT2D eigenvalue weighted by molar-refractivity contribution is -0.384. The van der Waals surface area contributed by atoms with Crippen LogP contribution >= 0.6 is 11.3 Å². The number of benzene rings is 1. The van der Waals surface area contributed by atoms with Crippen LogP contribution in [-0.4, -0.2) is 29.1 Å². The lowest BCUT2D eigenvalue weighted by Crippen LogP contribution is -2.14. The van der Waals surface area contributed by atoms with Gasteiger partial charge in [-0.1, -0.05) is 0 Å². The molecule has 10 heteroatoms. The molecule has 0 aliphatic heterocycles. The maximum Gasteiger partial charge on any atom is 0.269 e. The van der Waals surface area contributed by atoms with Crippen LogP contribution in [0.1, 0.15) is 5.69 Å². The predicted octanol–water partition coefficient (Wildman–Crippen LogP) is 1.97. The molecule has 3 aromatic heterocycles. The number of non-ortho nitro benzene ring substituents is 1. The van der Waals surface area contributed by atoms with Crippen molar-refractivity contribution in [3.8, 4) is 11.4 Å².